The van der Waals surface area contributed by atoms with Crippen LogP contribution in [0.4, 0.5) is 5.69 Å². The van der Waals surface area contributed by atoms with Gasteiger partial charge in [-0.05, 0) is 45.2 Å². The number of rotatable bonds is 6. The van der Waals surface area contributed by atoms with Gasteiger partial charge in [0.2, 0.25) is 0 Å². The van der Waals surface area contributed by atoms with Gasteiger partial charge in [0, 0.05) is 18.7 Å². The van der Waals surface area contributed by atoms with Gasteiger partial charge in [-0.1, -0.05) is 0 Å². The zero-order chi connectivity index (χ0) is 18.4. The molecule has 1 saturated heterocycles. The number of nitro groups is 1. The molecule has 25 heavy (non-hydrogen) atoms. The molecular formula is C17H22N2O6. The second-order valence-electron chi connectivity index (χ2n) is 5.88. The molecule has 1 amide bonds. The van der Waals surface area contributed by atoms with Gasteiger partial charge in [0.1, 0.15) is 0 Å². The Hall–Kier alpha value is -2.64. The van der Waals surface area contributed by atoms with Gasteiger partial charge in [0.25, 0.3) is 5.91 Å². The van der Waals surface area contributed by atoms with Crippen LogP contribution < -0.4 is 4.74 Å². The fourth-order valence-corrected chi connectivity index (χ4v) is 2.83. The summed E-state index contributed by atoms with van der Waals surface area (Å²) in [5, 5.41) is 11.1. The number of carbonyl (C=O) groups excluding carboxylic acids is 2. The molecule has 1 atom stereocenters. The van der Waals surface area contributed by atoms with Crippen molar-refractivity contribution in [3.63, 3.8) is 0 Å². The van der Waals surface area contributed by atoms with Gasteiger partial charge in [0.15, 0.2) is 12.4 Å². The van der Waals surface area contributed by atoms with E-state index in [1.165, 1.54) is 12.1 Å². The number of nitrogens with zero attached hydrogens (tertiary/aromatic N) is 2. The minimum Gasteiger partial charge on any atom is -0.487 e. The number of amides is 1. The van der Waals surface area contributed by atoms with Crippen LogP contribution in [0.5, 0.6) is 5.75 Å². The Morgan fingerprint density at radius 1 is 1.36 bits per heavy atom. The van der Waals surface area contributed by atoms with Crippen molar-refractivity contribution in [2.45, 2.75) is 39.2 Å². The number of ether oxygens (including phenoxy) is 2. The van der Waals surface area contributed by atoms with E-state index in [4.69, 9.17) is 9.47 Å². The van der Waals surface area contributed by atoms with Gasteiger partial charge in [-0.3, -0.25) is 14.9 Å². The number of hydrogen-bond donors (Lipinski definition) is 0. The first kappa shape index (κ1) is 18.7. The van der Waals surface area contributed by atoms with Crippen LogP contribution in [0.25, 0.3) is 0 Å². The molecule has 1 fully saturated rings. The maximum Gasteiger partial charge on any atom is 0.338 e. The maximum absolute atomic E-state index is 12.2. The SMILES string of the molecule is CCOc1ccc(C(=O)OCC(=O)N2CCCC[C@H]2C)cc1[N+](=O)[O-]. The van der Waals surface area contributed by atoms with Gasteiger partial charge < -0.3 is 14.4 Å². The Morgan fingerprint density at radius 2 is 2.12 bits per heavy atom. The normalized spacial score (nSPS) is 17.0. The zero-order valence-corrected chi connectivity index (χ0v) is 14.4. The fraction of sp³-hybridized carbons (Fsp3) is 0.529. The van der Waals surface area contributed by atoms with Gasteiger partial charge in [-0.2, -0.15) is 0 Å². The van der Waals surface area contributed by atoms with Gasteiger partial charge in [-0.25, -0.2) is 4.79 Å². The average Bonchev–Trinajstić information content (AvgIpc) is 2.60. The highest BCUT2D eigenvalue weighted by Gasteiger charge is 2.25. The minimum absolute atomic E-state index is 0.00893. The summed E-state index contributed by atoms with van der Waals surface area (Å²) in [6.45, 7) is 4.23. The summed E-state index contributed by atoms with van der Waals surface area (Å²) >= 11 is 0. The topological polar surface area (TPSA) is 99.0 Å². The van der Waals surface area contributed by atoms with Crippen LogP contribution in [0.3, 0.4) is 0 Å². The summed E-state index contributed by atoms with van der Waals surface area (Å²) in [5.41, 5.74) is -0.304. The molecule has 136 valence electrons. The van der Waals surface area contributed by atoms with Gasteiger partial charge in [0.05, 0.1) is 17.1 Å². The van der Waals surface area contributed by atoms with E-state index >= 15 is 0 Å². The summed E-state index contributed by atoms with van der Waals surface area (Å²) in [5.74, 6) is -0.938. The lowest BCUT2D eigenvalue weighted by molar-refractivity contribution is -0.385. The van der Waals surface area contributed by atoms with Crippen LogP contribution in [-0.2, 0) is 9.53 Å². The molecule has 0 radical (unpaired) electrons. The Kier molecular flexibility index (Phi) is 6.32. The van der Waals surface area contributed by atoms with Crippen molar-refractivity contribution < 1.29 is 24.0 Å². The smallest absolute Gasteiger partial charge is 0.338 e. The third-order valence-electron chi connectivity index (χ3n) is 4.14. The zero-order valence-electron chi connectivity index (χ0n) is 14.4. The van der Waals surface area contributed by atoms with Crippen molar-refractivity contribution >= 4 is 17.6 Å². The minimum atomic E-state index is -0.774. The fourth-order valence-electron chi connectivity index (χ4n) is 2.83. The lowest BCUT2D eigenvalue weighted by atomic mass is 10.0. The van der Waals surface area contributed by atoms with E-state index in [1.807, 2.05) is 6.92 Å². The van der Waals surface area contributed by atoms with Crippen LogP contribution in [0.15, 0.2) is 18.2 Å². The lowest BCUT2D eigenvalue weighted by Gasteiger charge is -2.33. The lowest BCUT2D eigenvalue weighted by Crippen LogP contribution is -2.44. The van der Waals surface area contributed by atoms with E-state index in [2.05, 4.69) is 0 Å². The number of likely N-dealkylation sites (tertiary alicyclic amines) is 1. The van der Waals surface area contributed by atoms with E-state index in [0.29, 0.717) is 6.54 Å². The summed E-state index contributed by atoms with van der Waals surface area (Å²) < 4.78 is 10.2. The molecule has 0 spiro atoms. The van der Waals surface area contributed by atoms with Crippen molar-refractivity contribution in [1.82, 2.24) is 4.90 Å². The van der Waals surface area contributed by atoms with Crippen LogP contribution in [0, 0.1) is 10.1 Å². The molecule has 1 heterocycles. The number of nitro benzene ring substituents is 1. The molecule has 0 N–H and O–H groups in total. The summed E-state index contributed by atoms with van der Waals surface area (Å²) in [7, 11) is 0. The second-order valence-corrected chi connectivity index (χ2v) is 5.88. The highest BCUT2D eigenvalue weighted by molar-refractivity contribution is 5.92. The first-order valence-electron chi connectivity index (χ1n) is 8.31. The van der Waals surface area contributed by atoms with Crippen molar-refractivity contribution in [2.75, 3.05) is 19.8 Å². The van der Waals surface area contributed by atoms with Gasteiger partial charge in [-0.15, -0.1) is 0 Å². The molecule has 8 nitrogen and oxygen atoms in total. The van der Waals surface area contributed by atoms with E-state index < -0.39 is 10.9 Å². The number of benzene rings is 1. The highest BCUT2D eigenvalue weighted by atomic mass is 16.6. The quantitative estimate of drug-likeness (QED) is 0.444. The van der Waals surface area contributed by atoms with E-state index in [0.717, 1.165) is 25.3 Å². The number of carbonyl (C=O) groups is 2. The third-order valence-corrected chi connectivity index (χ3v) is 4.14. The third kappa shape index (κ3) is 4.68. The molecule has 0 saturated carbocycles. The standard InChI is InChI=1S/C17H22N2O6/c1-3-24-15-8-7-13(10-14(15)19(22)23)17(21)25-11-16(20)18-9-5-4-6-12(18)2/h7-8,10,12H,3-6,9,11H2,1-2H3/t12-/m1/s1. The van der Waals surface area contributed by atoms with Crippen LogP contribution in [0.1, 0.15) is 43.5 Å². The maximum atomic E-state index is 12.2. The van der Waals surface area contributed by atoms with Crippen LogP contribution in [0.2, 0.25) is 0 Å². The van der Waals surface area contributed by atoms with E-state index in [1.54, 1.807) is 11.8 Å². The molecule has 0 bridgehead atoms. The molecule has 0 unspecified atom stereocenters. The first-order valence-corrected chi connectivity index (χ1v) is 8.31. The Labute approximate surface area is 145 Å². The summed E-state index contributed by atoms with van der Waals surface area (Å²) in [4.78, 5) is 36.5. The van der Waals surface area contributed by atoms with E-state index in [9.17, 15) is 19.7 Å². The summed E-state index contributed by atoms with van der Waals surface area (Å²) in [6, 6.07) is 3.97. The molecule has 1 aromatic carbocycles. The van der Waals surface area contributed by atoms with Crippen molar-refractivity contribution in [3.8, 4) is 5.75 Å². The molecule has 0 aromatic heterocycles. The Balaban J connectivity index is 2.01. The largest absolute Gasteiger partial charge is 0.487 e. The Bertz CT molecular complexity index is 661. The van der Waals surface area contributed by atoms with Gasteiger partial charge >= 0.3 is 11.7 Å². The average molecular weight is 350 g/mol. The molecule has 1 aliphatic heterocycles. The van der Waals surface area contributed by atoms with E-state index in [-0.39, 0.29) is 42.2 Å². The Morgan fingerprint density at radius 3 is 2.76 bits per heavy atom. The highest BCUT2D eigenvalue weighted by Crippen LogP contribution is 2.28. The predicted octanol–water partition coefficient (Wildman–Crippen LogP) is 2.55. The monoisotopic (exact) mass is 350 g/mol. The number of hydrogen-bond acceptors (Lipinski definition) is 6. The van der Waals surface area contributed by atoms with Crippen LogP contribution >= 0.6 is 0 Å². The summed E-state index contributed by atoms with van der Waals surface area (Å²) in [6.07, 6.45) is 2.96. The van der Waals surface area contributed by atoms with Crippen molar-refractivity contribution in [2.24, 2.45) is 0 Å². The van der Waals surface area contributed by atoms with Crippen LogP contribution in [-0.4, -0.2) is 47.5 Å². The first-order chi connectivity index (χ1) is 11.9. The van der Waals surface area contributed by atoms with Crippen molar-refractivity contribution in [1.29, 1.82) is 0 Å². The molecular weight excluding hydrogens is 328 g/mol. The molecule has 1 aromatic rings. The number of piperidine rings is 1. The van der Waals surface area contributed by atoms with Crippen molar-refractivity contribution in [3.05, 3.63) is 33.9 Å². The number of esters is 1. The molecule has 1 aliphatic rings. The second kappa shape index (κ2) is 8.46. The predicted molar refractivity (Wildman–Crippen MR) is 89.6 cm³/mol. The molecule has 2 rings (SSSR count). The molecule has 0 aliphatic carbocycles. The molecule has 8 heteroatoms.